The Bertz CT molecular complexity index is 379. The quantitative estimate of drug-likeness (QED) is 0.605. The van der Waals surface area contributed by atoms with Crippen molar-refractivity contribution in [1.82, 2.24) is 0 Å². The van der Waals surface area contributed by atoms with Crippen molar-refractivity contribution in [3.8, 4) is 0 Å². The van der Waals surface area contributed by atoms with Crippen molar-refractivity contribution >= 4 is 28.6 Å². The van der Waals surface area contributed by atoms with E-state index in [0.29, 0.717) is 6.42 Å². The highest BCUT2D eigenvalue weighted by Crippen LogP contribution is 2.27. The monoisotopic (exact) mass is 348 g/mol. The average molecular weight is 348 g/mol. The van der Waals surface area contributed by atoms with E-state index < -0.39 is 0 Å². The van der Waals surface area contributed by atoms with Crippen LogP contribution < -0.4 is 0 Å². The first-order valence-electron chi connectivity index (χ1n) is 5.56. The zero-order valence-electron chi connectivity index (χ0n) is 10.3. The molecule has 0 spiro atoms. The summed E-state index contributed by atoms with van der Waals surface area (Å²) in [5, 5.41) is 0. The number of hydrogen-bond donors (Lipinski definition) is 0. The summed E-state index contributed by atoms with van der Waals surface area (Å²) in [6.45, 7) is 3.63. The summed E-state index contributed by atoms with van der Waals surface area (Å²) in [5.74, 6) is -0.203. The Balaban J connectivity index is 2.84. The normalized spacial score (nSPS) is 14.1. The van der Waals surface area contributed by atoms with Crippen molar-refractivity contribution < 1.29 is 14.3 Å². The molecule has 94 valence electrons. The summed E-state index contributed by atoms with van der Waals surface area (Å²) in [6, 6.07) is 7.93. The molecule has 1 rings (SSSR count). The molecule has 0 fully saturated rings. The smallest absolute Gasteiger partial charge is 0.305 e. The molecule has 1 aromatic rings. The number of hydrogen-bond acceptors (Lipinski definition) is 3. The molecule has 0 amide bonds. The third kappa shape index (κ3) is 3.96. The van der Waals surface area contributed by atoms with Crippen LogP contribution in [0.15, 0.2) is 24.3 Å². The van der Waals surface area contributed by atoms with Gasteiger partial charge in [-0.15, -0.1) is 0 Å². The molecule has 3 nitrogen and oxygen atoms in total. The van der Waals surface area contributed by atoms with Crippen LogP contribution in [0.2, 0.25) is 0 Å². The molecule has 0 aliphatic rings. The summed E-state index contributed by atoms with van der Waals surface area (Å²) in [7, 11) is 1.63. The third-order valence-corrected chi connectivity index (χ3v) is 3.48. The van der Waals surface area contributed by atoms with E-state index in [1.807, 2.05) is 31.2 Å². The summed E-state index contributed by atoms with van der Waals surface area (Å²) in [4.78, 5) is 11.3. The van der Waals surface area contributed by atoms with E-state index in [9.17, 15) is 4.79 Å². The summed E-state index contributed by atoms with van der Waals surface area (Å²) < 4.78 is 11.8. The predicted octanol–water partition coefficient (Wildman–Crippen LogP) is 3.32. The highest BCUT2D eigenvalue weighted by molar-refractivity contribution is 14.1. The van der Waals surface area contributed by atoms with Crippen molar-refractivity contribution in [3.05, 3.63) is 33.4 Å². The lowest BCUT2D eigenvalue weighted by Gasteiger charge is -2.24. The van der Waals surface area contributed by atoms with Gasteiger partial charge in [-0.25, -0.2) is 0 Å². The minimum absolute atomic E-state index is 0.203. The molecule has 4 heteroatoms. The van der Waals surface area contributed by atoms with E-state index >= 15 is 0 Å². The zero-order chi connectivity index (χ0) is 12.8. The second-order valence-corrected chi connectivity index (χ2v) is 4.89. The van der Waals surface area contributed by atoms with Crippen LogP contribution in [0.25, 0.3) is 0 Å². The van der Waals surface area contributed by atoms with Crippen molar-refractivity contribution in [3.63, 3.8) is 0 Å². The molecule has 0 heterocycles. The molecule has 0 bridgehead atoms. The van der Waals surface area contributed by atoms with Crippen LogP contribution in [-0.4, -0.2) is 19.2 Å². The first-order chi connectivity index (χ1) is 8.10. The van der Waals surface area contributed by atoms with Gasteiger partial charge in [-0.1, -0.05) is 25.1 Å². The highest BCUT2D eigenvalue weighted by Gasteiger charge is 2.23. The number of halogens is 1. The van der Waals surface area contributed by atoms with Gasteiger partial charge in [0.15, 0.2) is 0 Å². The van der Waals surface area contributed by atoms with Crippen LogP contribution in [-0.2, 0) is 14.3 Å². The lowest BCUT2D eigenvalue weighted by Crippen LogP contribution is -2.24. The lowest BCUT2D eigenvalue weighted by molar-refractivity contribution is -0.154. The first kappa shape index (κ1) is 14.4. The summed E-state index contributed by atoms with van der Waals surface area (Å²) in [5.41, 5.74) is 1.05. The summed E-state index contributed by atoms with van der Waals surface area (Å²) in [6.07, 6.45) is -0.130. The molecule has 17 heavy (non-hydrogen) atoms. The van der Waals surface area contributed by atoms with Crippen LogP contribution in [0, 0.1) is 3.57 Å². The van der Waals surface area contributed by atoms with Gasteiger partial charge in [0.05, 0.1) is 0 Å². The number of ether oxygens (including phenoxy) is 2. The highest BCUT2D eigenvalue weighted by atomic mass is 127. The predicted molar refractivity (Wildman–Crippen MR) is 74.8 cm³/mol. The molecular formula is C13H17IO3. The van der Waals surface area contributed by atoms with Gasteiger partial charge in [-0.3, -0.25) is 4.79 Å². The van der Waals surface area contributed by atoms with Gasteiger partial charge < -0.3 is 9.47 Å². The van der Waals surface area contributed by atoms with Crippen LogP contribution in [0.4, 0.5) is 0 Å². The second kappa shape index (κ2) is 6.96. The minimum Gasteiger partial charge on any atom is -0.460 e. The Morgan fingerprint density at radius 2 is 2.06 bits per heavy atom. The maximum absolute atomic E-state index is 11.3. The van der Waals surface area contributed by atoms with E-state index in [1.54, 1.807) is 14.0 Å². The Morgan fingerprint density at radius 3 is 2.59 bits per heavy atom. The molecule has 0 N–H and O–H groups in total. The molecule has 0 unspecified atom stereocenters. The van der Waals surface area contributed by atoms with Gasteiger partial charge in [-0.05, 0) is 41.1 Å². The topological polar surface area (TPSA) is 35.5 Å². The standard InChI is InChI=1S/C13H17IO3/c1-4-12(15)17-9(2)13(16-3)10-7-5-6-8-11(10)14/h5-9,13H,4H2,1-3H3/t9-,13+/m0/s1. The van der Waals surface area contributed by atoms with Crippen molar-refractivity contribution in [1.29, 1.82) is 0 Å². The number of carbonyl (C=O) groups is 1. The third-order valence-electron chi connectivity index (χ3n) is 2.50. The van der Waals surface area contributed by atoms with E-state index in [0.717, 1.165) is 9.13 Å². The molecule has 0 aliphatic carbocycles. The van der Waals surface area contributed by atoms with Crippen molar-refractivity contribution in [2.24, 2.45) is 0 Å². The van der Waals surface area contributed by atoms with E-state index in [4.69, 9.17) is 9.47 Å². The van der Waals surface area contributed by atoms with Gasteiger partial charge in [-0.2, -0.15) is 0 Å². The van der Waals surface area contributed by atoms with Crippen LogP contribution in [0.1, 0.15) is 31.9 Å². The molecular weight excluding hydrogens is 331 g/mol. The van der Waals surface area contributed by atoms with Gasteiger partial charge in [0.25, 0.3) is 0 Å². The zero-order valence-corrected chi connectivity index (χ0v) is 12.4. The fourth-order valence-electron chi connectivity index (χ4n) is 1.63. The summed E-state index contributed by atoms with van der Waals surface area (Å²) >= 11 is 2.25. The van der Waals surface area contributed by atoms with E-state index in [1.165, 1.54) is 0 Å². The largest absolute Gasteiger partial charge is 0.460 e. The van der Waals surface area contributed by atoms with Crippen LogP contribution in [0.3, 0.4) is 0 Å². The fourth-order valence-corrected chi connectivity index (χ4v) is 2.32. The molecule has 0 saturated heterocycles. The maximum Gasteiger partial charge on any atom is 0.305 e. The van der Waals surface area contributed by atoms with Crippen molar-refractivity contribution in [2.45, 2.75) is 32.5 Å². The van der Waals surface area contributed by atoms with Crippen LogP contribution in [0.5, 0.6) is 0 Å². The molecule has 2 atom stereocenters. The fraction of sp³-hybridized carbons (Fsp3) is 0.462. The number of esters is 1. The Hall–Kier alpha value is -0.620. The molecule has 0 aliphatic heterocycles. The minimum atomic E-state index is -0.289. The number of rotatable bonds is 5. The number of benzene rings is 1. The number of carbonyl (C=O) groups excluding carboxylic acids is 1. The Labute approximate surface area is 116 Å². The first-order valence-corrected chi connectivity index (χ1v) is 6.64. The number of methoxy groups -OCH3 is 1. The van der Waals surface area contributed by atoms with Gasteiger partial charge in [0.1, 0.15) is 12.2 Å². The second-order valence-electron chi connectivity index (χ2n) is 3.73. The maximum atomic E-state index is 11.3. The average Bonchev–Trinajstić information content (AvgIpc) is 2.32. The molecule has 1 aromatic carbocycles. The Kier molecular flexibility index (Phi) is 5.91. The van der Waals surface area contributed by atoms with Crippen LogP contribution >= 0.6 is 22.6 Å². The lowest BCUT2D eigenvalue weighted by atomic mass is 10.1. The SMILES string of the molecule is CCC(=O)O[C@@H](C)[C@@H](OC)c1ccccc1I. The molecule has 0 aromatic heterocycles. The van der Waals surface area contributed by atoms with Gasteiger partial charge >= 0.3 is 5.97 Å². The molecule has 0 radical (unpaired) electrons. The van der Waals surface area contributed by atoms with Gasteiger partial charge in [0.2, 0.25) is 0 Å². The van der Waals surface area contributed by atoms with E-state index in [2.05, 4.69) is 22.6 Å². The Morgan fingerprint density at radius 1 is 1.41 bits per heavy atom. The van der Waals surface area contributed by atoms with Crippen molar-refractivity contribution in [2.75, 3.05) is 7.11 Å². The van der Waals surface area contributed by atoms with E-state index in [-0.39, 0.29) is 18.2 Å². The van der Waals surface area contributed by atoms with Gasteiger partial charge in [0, 0.05) is 17.1 Å². The molecule has 0 saturated carbocycles.